The van der Waals surface area contributed by atoms with Gasteiger partial charge in [-0.05, 0) is 25.4 Å². The number of aldehydes is 1. The van der Waals surface area contributed by atoms with Gasteiger partial charge in [0.2, 0.25) is 5.91 Å². The Hall–Kier alpha value is -1.61. The number of thioether (sulfide) groups is 1. The molecular weight excluding hydrogens is 356 g/mol. The van der Waals surface area contributed by atoms with E-state index in [0.29, 0.717) is 18.5 Å². The van der Waals surface area contributed by atoms with Gasteiger partial charge in [0.1, 0.15) is 6.29 Å². The monoisotopic (exact) mass is 388 g/mol. The number of nitrogens with one attached hydrogen (secondary N) is 3. The minimum Gasteiger partial charge on any atom is -0.344 e. The van der Waals surface area contributed by atoms with Gasteiger partial charge >= 0.3 is 6.03 Å². The van der Waals surface area contributed by atoms with Crippen LogP contribution in [0.3, 0.4) is 0 Å². The van der Waals surface area contributed by atoms with E-state index < -0.39 is 29.3 Å². The summed E-state index contributed by atoms with van der Waals surface area (Å²) in [4.78, 5) is 48.7. The van der Waals surface area contributed by atoms with Crippen LogP contribution in [0.2, 0.25) is 0 Å². The molecule has 0 aliphatic carbocycles. The van der Waals surface area contributed by atoms with Gasteiger partial charge in [-0.2, -0.15) is 0 Å². The van der Waals surface area contributed by atoms with Crippen molar-refractivity contribution in [1.82, 2.24) is 20.9 Å². The van der Waals surface area contributed by atoms with Crippen LogP contribution < -0.4 is 16.0 Å². The maximum atomic E-state index is 12.5. The maximum absolute atomic E-state index is 12.5. The first-order chi connectivity index (χ1) is 12.2. The van der Waals surface area contributed by atoms with Crippen LogP contribution in [0.25, 0.3) is 0 Å². The Kier molecular flexibility index (Phi) is 12.7. The summed E-state index contributed by atoms with van der Waals surface area (Å²) in [7, 11) is 0. The summed E-state index contributed by atoms with van der Waals surface area (Å²) < 4.78 is 0. The number of nitrogens with zero attached hydrogens (tertiary/aromatic N) is 1. The number of carbonyl (C=O) groups is 4. The number of carbonyl (C=O) groups excluding carboxylic acids is 4. The van der Waals surface area contributed by atoms with Crippen LogP contribution in [-0.4, -0.2) is 65.8 Å². The number of amides is 4. The fourth-order valence-electron chi connectivity index (χ4n) is 2.25. The molecule has 0 fully saturated rings. The molecule has 0 aromatic rings. The van der Waals surface area contributed by atoms with Crippen LogP contribution >= 0.6 is 11.8 Å². The topological polar surface area (TPSA) is 108 Å². The number of imide groups is 1. The third-order valence-electron chi connectivity index (χ3n) is 3.59. The molecule has 0 radical (unpaired) electrons. The van der Waals surface area contributed by atoms with E-state index in [1.807, 2.05) is 13.8 Å². The predicted octanol–water partition coefficient (Wildman–Crippen LogP) is 0.963. The van der Waals surface area contributed by atoms with E-state index in [-0.39, 0.29) is 5.92 Å². The Labute approximate surface area is 160 Å². The summed E-state index contributed by atoms with van der Waals surface area (Å²) in [6.07, 6.45) is 1.22. The smallest absolute Gasteiger partial charge is 0.322 e. The summed E-state index contributed by atoms with van der Waals surface area (Å²) >= 11 is 1.26. The molecule has 0 saturated carbocycles. The average Bonchev–Trinajstić information content (AvgIpc) is 2.55. The normalized spacial score (nSPS) is 13.2. The van der Waals surface area contributed by atoms with Crippen molar-refractivity contribution >= 4 is 35.9 Å². The van der Waals surface area contributed by atoms with Crippen molar-refractivity contribution in [3.63, 3.8) is 0 Å². The van der Waals surface area contributed by atoms with Gasteiger partial charge in [-0.3, -0.25) is 14.9 Å². The molecule has 0 aromatic carbocycles. The molecule has 150 valence electrons. The third kappa shape index (κ3) is 11.1. The molecule has 0 rings (SSSR count). The largest absolute Gasteiger partial charge is 0.344 e. The van der Waals surface area contributed by atoms with Crippen molar-refractivity contribution in [3.8, 4) is 0 Å². The summed E-state index contributed by atoms with van der Waals surface area (Å²) in [5.41, 5.74) is 0. The molecule has 0 aromatic heterocycles. The molecule has 0 spiro atoms. The minimum atomic E-state index is -0.889. The second-order valence-corrected chi connectivity index (χ2v) is 7.53. The number of hydrogen-bond acceptors (Lipinski definition) is 6. The number of urea groups is 1. The van der Waals surface area contributed by atoms with E-state index in [4.69, 9.17) is 0 Å². The zero-order valence-electron chi connectivity index (χ0n) is 16.3. The van der Waals surface area contributed by atoms with Crippen molar-refractivity contribution in [2.24, 2.45) is 5.92 Å². The molecule has 8 nitrogen and oxygen atoms in total. The highest BCUT2D eigenvalue weighted by Crippen LogP contribution is 2.11. The van der Waals surface area contributed by atoms with Gasteiger partial charge < -0.3 is 20.3 Å². The number of hydrogen-bond donors (Lipinski definition) is 3. The molecule has 0 saturated heterocycles. The Morgan fingerprint density at radius 3 is 2.19 bits per heavy atom. The zero-order valence-corrected chi connectivity index (χ0v) is 17.1. The zero-order chi connectivity index (χ0) is 20.1. The van der Waals surface area contributed by atoms with Gasteiger partial charge in [0.05, 0.1) is 6.04 Å². The van der Waals surface area contributed by atoms with Gasteiger partial charge in [0.15, 0.2) is 5.37 Å². The van der Waals surface area contributed by atoms with E-state index >= 15 is 0 Å². The molecule has 3 N–H and O–H groups in total. The fourth-order valence-corrected chi connectivity index (χ4v) is 3.26. The van der Waals surface area contributed by atoms with E-state index in [9.17, 15) is 19.2 Å². The van der Waals surface area contributed by atoms with E-state index in [2.05, 4.69) is 34.7 Å². The summed E-state index contributed by atoms with van der Waals surface area (Å²) in [5, 5.41) is 6.34. The average molecular weight is 389 g/mol. The second-order valence-electron chi connectivity index (χ2n) is 6.31. The Morgan fingerprint density at radius 1 is 1.12 bits per heavy atom. The highest BCUT2D eigenvalue weighted by atomic mass is 32.2. The quantitative estimate of drug-likeness (QED) is 0.340. The Morgan fingerprint density at radius 2 is 1.73 bits per heavy atom. The molecule has 2 atom stereocenters. The maximum Gasteiger partial charge on any atom is 0.322 e. The molecule has 26 heavy (non-hydrogen) atoms. The Balaban J connectivity index is 4.87. The lowest BCUT2D eigenvalue weighted by atomic mass is 10.1. The molecule has 0 bridgehead atoms. The molecule has 0 aliphatic heterocycles. The van der Waals surface area contributed by atoms with Gasteiger partial charge in [-0.15, -0.1) is 11.8 Å². The Bertz CT molecular complexity index is 470. The highest BCUT2D eigenvalue weighted by molar-refractivity contribution is 8.00. The van der Waals surface area contributed by atoms with Gasteiger partial charge in [0, 0.05) is 19.2 Å². The minimum absolute atomic E-state index is 0.244. The standard InChI is InChI=1S/C17H32N4O4S/c1-6-21(7-2)8-9-26-16(20-17(25)18-13(5)23)15(24)19-14(11-22)10-12(3)4/h11-12,14,16H,6-10H2,1-5H3,(H,19,24)(H2,18,20,23,25)/t14?,16-/m1/s1. The first-order valence-electron chi connectivity index (χ1n) is 8.91. The van der Waals surface area contributed by atoms with Gasteiger partial charge in [-0.1, -0.05) is 27.7 Å². The molecule has 4 amide bonds. The SMILES string of the molecule is CCN(CC)CCS[C@@H](NC(=O)NC(C)=O)C(=O)NC(C=O)CC(C)C. The van der Waals surface area contributed by atoms with Gasteiger partial charge in [-0.25, -0.2) is 4.79 Å². The van der Waals surface area contributed by atoms with Crippen molar-refractivity contribution < 1.29 is 19.2 Å². The molecule has 1 unspecified atom stereocenters. The summed E-state index contributed by atoms with van der Waals surface area (Å²) in [6, 6.07) is -1.34. The highest BCUT2D eigenvalue weighted by Gasteiger charge is 2.24. The molecule has 9 heteroatoms. The van der Waals surface area contributed by atoms with Crippen LogP contribution in [0.4, 0.5) is 4.79 Å². The third-order valence-corrected chi connectivity index (χ3v) is 4.68. The van der Waals surface area contributed by atoms with Crippen LogP contribution in [0, 0.1) is 5.92 Å². The van der Waals surface area contributed by atoms with Crippen LogP contribution in [0.5, 0.6) is 0 Å². The summed E-state index contributed by atoms with van der Waals surface area (Å²) in [5.74, 6) is -0.101. The van der Waals surface area contributed by atoms with Crippen LogP contribution in [0.1, 0.15) is 41.0 Å². The van der Waals surface area contributed by atoms with Crippen molar-refractivity contribution in [2.45, 2.75) is 52.5 Å². The van der Waals surface area contributed by atoms with Crippen molar-refractivity contribution in [3.05, 3.63) is 0 Å². The fraction of sp³-hybridized carbons (Fsp3) is 0.765. The van der Waals surface area contributed by atoms with E-state index in [0.717, 1.165) is 19.6 Å². The van der Waals surface area contributed by atoms with Gasteiger partial charge in [0.25, 0.3) is 5.91 Å². The first kappa shape index (κ1) is 24.4. The summed E-state index contributed by atoms with van der Waals surface area (Å²) in [6.45, 7) is 11.8. The first-order valence-corrected chi connectivity index (χ1v) is 9.95. The lowest BCUT2D eigenvalue weighted by Gasteiger charge is -2.23. The number of rotatable bonds is 12. The van der Waals surface area contributed by atoms with Crippen LogP contribution in [-0.2, 0) is 14.4 Å². The van der Waals surface area contributed by atoms with E-state index in [1.165, 1.54) is 18.7 Å². The lowest BCUT2D eigenvalue weighted by Crippen LogP contribution is -2.52. The lowest BCUT2D eigenvalue weighted by molar-refractivity contribution is -0.124. The second kappa shape index (κ2) is 13.6. The molecular formula is C17H32N4O4S. The van der Waals surface area contributed by atoms with E-state index in [1.54, 1.807) is 0 Å². The predicted molar refractivity (Wildman–Crippen MR) is 104 cm³/mol. The van der Waals surface area contributed by atoms with Crippen molar-refractivity contribution in [2.75, 3.05) is 25.4 Å². The van der Waals surface area contributed by atoms with Crippen LogP contribution in [0.15, 0.2) is 0 Å². The molecule has 0 heterocycles. The molecule has 0 aliphatic rings. The van der Waals surface area contributed by atoms with Crippen molar-refractivity contribution in [1.29, 1.82) is 0 Å².